The average molecular weight is 433 g/mol. The number of H-pyrrole nitrogens is 1. The van der Waals surface area contributed by atoms with Crippen LogP contribution >= 0.6 is 0 Å². The van der Waals surface area contributed by atoms with Crippen LogP contribution in [0, 0.1) is 5.92 Å². The molecule has 0 unspecified atom stereocenters. The Morgan fingerprint density at radius 3 is 2.62 bits per heavy atom. The van der Waals surface area contributed by atoms with Gasteiger partial charge in [0.25, 0.3) is 5.56 Å². The van der Waals surface area contributed by atoms with Crippen molar-refractivity contribution in [2.45, 2.75) is 33.4 Å². The monoisotopic (exact) mass is 432 g/mol. The van der Waals surface area contributed by atoms with Gasteiger partial charge in [0.1, 0.15) is 0 Å². The lowest BCUT2D eigenvalue weighted by Crippen LogP contribution is -2.35. The third-order valence-electron chi connectivity index (χ3n) is 5.33. The minimum Gasteiger partial charge on any atom is -0.462 e. The SMILES string of the molecule is CC(C)COC(=O)c1ccc(Nc2nc3c(c(=O)[nH]2)CN(Cc2ccccc2)CC3)cc1. The normalized spacial score (nSPS) is 13.6. The van der Waals surface area contributed by atoms with Gasteiger partial charge in [-0.15, -0.1) is 0 Å². The lowest BCUT2D eigenvalue weighted by Gasteiger charge is -2.27. The summed E-state index contributed by atoms with van der Waals surface area (Å²) >= 11 is 0. The summed E-state index contributed by atoms with van der Waals surface area (Å²) in [6, 6.07) is 17.2. The van der Waals surface area contributed by atoms with Crippen LogP contribution in [0.15, 0.2) is 59.4 Å². The van der Waals surface area contributed by atoms with E-state index in [1.807, 2.05) is 32.0 Å². The van der Waals surface area contributed by atoms with Gasteiger partial charge in [-0.3, -0.25) is 14.7 Å². The fraction of sp³-hybridized carbons (Fsp3) is 0.320. The first-order valence-corrected chi connectivity index (χ1v) is 10.9. The molecule has 32 heavy (non-hydrogen) atoms. The number of aromatic nitrogens is 2. The number of esters is 1. The predicted molar refractivity (Wildman–Crippen MR) is 124 cm³/mol. The Hall–Kier alpha value is -3.45. The van der Waals surface area contributed by atoms with Crippen molar-refractivity contribution in [3.63, 3.8) is 0 Å². The number of rotatable bonds is 7. The van der Waals surface area contributed by atoms with Gasteiger partial charge < -0.3 is 10.1 Å². The second kappa shape index (κ2) is 9.78. The number of ether oxygens (including phenoxy) is 1. The van der Waals surface area contributed by atoms with Gasteiger partial charge in [0.15, 0.2) is 0 Å². The van der Waals surface area contributed by atoms with Gasteiger partial charge in [-0.25, -0.2) is 9.78 Å². The first kappa shape index (κ1) is 21.8. The first-order valence-electron chi connectivity index (χ1n) is 10.9. The van der Waals surface area contributed by atoms with Gasteiger partial charge in [-0.05, 0) is 35.7 Å². The zero-order chi connectivity index (χ0) is 22.5. The maximum absolute atomic E-state index is 12.7. The van der Waals surface area contributed by atoms with Gasteiger partial charge in [0.05, 0.1) is 23.4 Å². The van der Waals surface area contributed by atoms with Crippen LogP contribution in [-0.2, 0) is 24.2 Å². The molecule has 1 aliphatic rings. The van der Waals surface area contributed by atoms with Crippen molar-refractivity contribution in [3.8, 4) is 0 Å². The van der Waals surface area contributed by atoms with E-state index < -0.39 is 0 Å². The number of aromatic amines is 1. The highest BCUT2D eigenvalue weighted by Crippen LogP contribution is 2.19. The number of benzene rings is 2. The molecule has 2 heterocycles. The highest BCUT2D eigenvalue weighted by molar-refractivity contribution is 5.89. The predicted octanol–water partition coefficient (Wildman–Crippen LogP) is 3.88. The Bertz CT molecular complexity index is 1120. The van der Waals surface area contributed by atoms with Crippen LogP contribution in [0.5, 0.6) is 0 Å². The molecule has 3 aromatic rings. The summed E-state index contributed by atoms with van der Waals surface area (Å²) < 4.78 is 5.25. The van der Waals surface area contributed by atoms with Crippen LogP contribution in [0.3, 0.4) is 0 Å². The first-order chi connectivity index (χ1) is 15.5. The molecule has 0 fully saturated rings. The molecular weight excluding hydrogens is 404 g/mol. The molecule has 1 aliphatic heterocycles. The molecule has 0 saturated carbocycles. The van der Waals surface area contributed by atoms with Crippen LogP contribution < -0.4 is 10.9 Å². The van der Waals surface area contributed by atoms with E-state index in [4.69, 9.17) is 4.74 Å². The van der Waals surface area contributed by atoms with Crippen molar-refractivity contribution >= 4 is 17.6 Å². The van der Waals surface area contributed by atoms with Crippen molar-refractivity contribution in [2.75, 3.05) is 18.5 Å². The van der Waals surface area contributed by atoms with Crippen molar-refractivity contribution in [3.05, 3.63) is 87.3 Å². The molecule has 7 nitrogen and oxygen atoms in total. The molecule has 0 atom stereocenters. The van der Waals surface area contributed by atoms with Gasteiger partial charge in [0, 0.05) is 31.7 Å². The lowest BCUT2D eigenvalue weighted by atomic mass is 10.1. The maximum Gasteiger partial charge on any atom is 0.338 e. The summed E-state index contributed by atoms with van der Waals surface area (Å²) in [6.07, 6.45) is 0.724. The van der Waals surface area contributed by atoms with Gasteiger partial charge in [-0.1, -0.05) is 44.2 Å². The van der Waals surface area contributed by atoms with Gasteiger partial charge in [-0.2, -0.15) is 0 Å². The Balaban J connectivity index is 1.41. The Kier molecular flexibility index (Phi) is 6.66. The summed E-state index contributed by atoms with van der Waals surface area (Å²) in [7, 11) is 0. The molecule has 0 bridgehead atoms. The van der Waals surface area contributed by atoms with E-state index >= 15 is 0 Å². The second-order valence-electron chi connectivity index (χ2n) is 8.48. The van der Waals surface area contributed by atoms with Gasteiger partial charge >= 0.3 is 5.97 Å². The van der Waals surface area contributed by atoms with Gasteiger partial charge in [0.2, 0.25) is 5.95 Å². The van der Waals surface area contributed by atoms with Crippen molar-refractivity contribution < 1.29 is 9.53 Å². The molecule has 0 amide bonds. The number of nitrogens with zero attached hydrogens (tertiary/aromatic N) is 2. The van der Waals surface area contributed by atoms with E-state index in [1.165, 1.54) is 5.56 Å². The van der Waals surface area contributed by atoms with Crippen LogP contribution in [-0.4, -0.2) is 34.0 Å². The van der Waals surface area contributed by atoms with E-state index in [9.17, 15) is 9.59 Å². The molecule has 0 spiro atoms. The molecule has 1 aromatic heterocycles. The second-order valence-corrected chi connectivity index (χ2v) is 8.48. The Morgan fingerprint density at radius 2 is 1.91 bits per heavy atom. The topological polar surface area (TPSA) is 87.3 Å². The molecule has 0 aliphatic carbocycles. The van der Waals surface area contributed by atoms with Crippen molar-refractivity contribution in [1.82, 2.24) is 14.9 Å². The molecule has 2 N–H and O–H groups in total. The fourth-order valence-corrected chi connectivity index (χ4v) is 3.67. The third-order valence-corrected chi connectivity index (χ3v) is 5.33. The molecule has 166 valence electrons. The summed E-state index contributed by atoms with van der Waals surface area (Å²) in [5.41, 5.74) is 3.88. The molecule has 2 aromatic carbocycles. The Morgan fingerprint density at radius 1 is 1.16 bits per heavy atom. The van der Waals surface area contributed by atoms with Crippen LogP contribution in [0.4, 0.5) is 11.6 Å². The average Bonchev–Trinajstić information content (AvgIpc) is 2.79. The van der Waals surface area contributed by atoms with Crippen molar-refractivity contribution in [2.24, 2.45) is 5.92 Å². The lowest BCUT2D eigenvalue weighted by molar-refractivity contribution is 0.0459. The summed E-state index contributed by atoms with van der Waals surface area (Å²) in [5.74, 6) is 0.350. The number of hydrogen-bond donors (Lipinski definition) is 2. The number of fused-ring (bicyclic) bond motifs is 1. The molecular formula is C25H28N4O3. The van der Waals surface area contributed by atoms with E-state index in [0.717, 1.165) is 36.5 Å². The van der Waals surface area contributed by atoms with Crippen LogP contribution in [0.25, 0.3) is 0 Å². The number of hydrogen-bond acceptors (Lipinski definition) is 6. The Labute approximate surface area is 187 Å². The smallest absolute Gasteiger partial charge is 0.338 e. The molecule has 7 heteroatoms. The minimum absolute atomic E-state index is 0.121. The molecule has 0 saturated heterocycles. The fourth-order valence-electron chi connectivity index (χ4n) is 3.67. The third kappa shape index (κ3) is 5.42. The summed E-state index contributed by atoms with van der Waals surface area (Å²) in [6.45, 7) is 6.62. The number of carbonyl (C=O) groups excluding carboxylic acids is 1. The van der Waals surface area contributed by atoms with E-state index in [0.29, 0.717) is 24.7 Å². The van der Waals surface area contributed by atoms with Crippen LogP contribution in [0.2, 0.25) is 0 Å². The minimum atomic E-state index is -0.342. The number of anilines is 2. The maximum atomic E-state index is 12.7. The van der Waals surface area contributed by atoms with E-state index in [1.54, 1.807) is 24.3 Å². The van der Waals surface area contributed by atoms with E-state index in [2.05, 4.69) is 32.3 Å². The van der Waals surface area contributed by atoms with E-state index in [-0.39, 0.29) is 17.4 Å². The summed E-state index contributed by atoms with van der Waals surface area (Å²) in [4.78, 5) is 34.5. The number of nitrogens with one attached hydrogen (secondary N) is 2. The van der Waals surface area contributed by atoms with Crippen molar-refractivity contribution in [1.29, 1.82) is 0 Å². The quantitative estimate of drug-likeness (QED) is 0.551. The highest BCUT2D eigenvalue weighted by Gasteiger charge is 2.21. The summed E-state index contributed by atoms with van der Waals surface area (Å²) in [5, 5.41) is 3.13. The largest absolute Gasteiger partial charge is 0.462 e. The van der Waals surface area contributed by atoms with Crippen LogP contribution in [0.1, 0.15) is 41.0 Å². The number of carbonyl (C=O) groups is 1. The zero-order valence-electron chi connectivity index (χ0n) is 18.4. The molecule has 4 rings (SSSR count). The molecule has 0 radical (unpaired) electrons. The highest BCUT2D eigenvalue weighted by atomic mass is 16.5. The zero-order valence-corrected chi connectivity index (χ0v) is 18.4. The standard InChI is InChI=1S/C25H28N4O3/c1-17(2)16-32-24(31)19-8-10-20(11-9-19)26-25-27-22-12-13-29(15-21(22)23(30)28-25)14-18-6-4-3-5-7-18/h3-11,17H,12-16H2,1-2H3,(H2,26,27,28,30).